The summed E-state index contributed by atoms with van der Waals surface area (Å²) in [7, 11) is 0. The minimum Gasteiger partial charge on any atom is -0.381 e. The minimum absolute atomic E-state index is 0.483. The summed E-state index contributed by atoms with van der Waals surface area (Å²) in [4.78, 5) is 0. The van der Waals surface area contributed by atoms with E-state index in [1.807, 2.05) is 25.5 Å². The summed E-state index contributed by atoms with van der Waals surface area (Å²) in [5.74, 6) is 0.483. The second kappa shape index (κ2) is 5.61. The lowest BCUT2D eigenvalue weighted by Crippen LogP contribution is -2.12. The van der Waals surface area contributed by atoms with E-state index in [9.17, 15) is 0 Å². The van der Waals surface area contributed by atoms with E-state index >= 15 is 0 Å². The average Bonchev–Trinajstić information content (AvgIpc) is 2.92. The Morgan fingerprint density at radius 2 is 1.84 bits per heavy atom. The van der Waals surface area contributed by atoms with Gasteiger partial charge >= 0.3 is 0 Å². The van der Waals surface area contributed by atoms with Gasteiger partial charge in [0, 0.05) is 6.54 Å². The van der Waals surface area contributed by atoms with Crippen LogP contribution in [0.1, 0.15) is 37.9 Å². The van der Waals surface area contributed by atoms with E-state index in [2.05, 4.69) is 15.4 Å². The Kier molecular flexibility index (Phi) is 4.09. The topological polar surface area (TPSA) is 74.5 Å². The van der Waals surface area contributed by atoms with Crippen LogP contribution in [0.3, 0.4) is 0 Å². The van der Waals surface area contributed by atoms with Crippen molar-refractivity contribution < 1.29 is 0 Å². The molecule has 0 amide bonds. The van der Waals surface area contributed by atoms with Gasteiger partial charge < -0.3 is 5.73 Å². The van der Waals surface area contributed by atoms with Crippen LogP contribution in [0, 0.1) is 0 Å². The molecular formula is C12H19ClN6. The molecule has 0 fully saturated rings. The molecule has 0 bridgehead atoms. The van der Waals surface area contributed by atoms with Gasteiger partial charge in [-0.05, 0) is 19.8 Å². The van der Waals surface area contributed by atoms with Gasteiger partial charge in [-0.2, -0.15) is 5.10 Å². The Labute approximate surface area is 117 Å². The van der Waals surface area contributed by atoms with Crippen LogP contribution in [0.2, 0.25) is 5.02 Å². The van der Waals surface area contributed by atoms with Crippen LogP contribution in [-0.2, 0) is 25.9 Å². The molecule has 0 saturated heterocycles. The summed E-state index contributed by atoms with van der Waals surface area (Å²) in [6, 6.07) is 0. The van der Waals surface area contributed by atoms with Gasteiger partial charge in [-0.1, -0.05) is 30.7 Å². The van der Waals surface area contributed by atoms with E-state index in [1.54, 1.807) is 4.68 Å². The predicted molar refractivity (Wildman–Crippen MR) is 75.2 cm³/mol. The Morgan fingerprint density at radius 1 is 1.11 bits per heavy atom. The molecule has 0 aliphatic heterocycles. The SMILES string of the molecule is CCc1nn(CC)c(Cn2nnc(N)c2CC)c1Cl. The molecule has 2 aromatic rings. The van der Waals surface area contributed by atoms with Crippen molar-refractivity contribution in [3.63, 3.8) is 0 Å². The smallest absolute Gasteiger partial charge is 0.169 e. The number of halogens is 1. The molecule has 0 radical (unpaired) electrons. The van der Waals surface area contributed by atoms with Crippen LogP contribution in [0.4, 0.5) is 5.82 Å². The van der Waals surface area contributed by atoms with Crippen LogP contribution >= 0.6 is 11.6 Å². The maximum absolute atomic E-state index is 6.38. The molecule has 2 N–H and O–H groups in total. The maximum atomic E-state index is 6.38. The second-order valence-electron chi connectivity index (χ2n) is 4.31. The van der Waals surface area contributed by atoms with E-state index in [4.69, 9.17) is 17.3 Å². The molecule has 6 nitrogen and oxygen atoms in total. The molecule has 19 heavy (non-hydrogen) atoms. The summed E-state index contributed by atoms with van der Waals surface area (Å²) in [6.07, 6.45) is 1.61. The molecule has 0 saturated carbocycles. The zero-order valence-electron chi connectivity index (χ0n) is 11.5. The highest BCUT2D eigenvalue weighted by Gasteiger charge is 2.17. The first-order valence-electron chi connectivity index (χ1n) is 6.54. The van der Waals surface area contributed by atoms with Crippen LogP contribution in [0.25, 0.3) is 0 Å². The maximum Gasteiger partial charge on any atom is 0.169 e. The van der Waals surface area contributed by atoms with Gasteiger partial charge in [-0.15, -0.1) is 5.10 Å². The molecule has 2 aromatic heterocycles. The summed E-state index contributed by atoms with van der Waals surface area (Å²) < 4.78 is 3.71. The molecule has 0 unspecified atom stereocenters. The minimum atomic E-state index is 0.483. The molecule has 0 aliphatic carbocycles. The van der Waals surface area contributed by atoms with Gasteiger partial charge in [0.15, 0.2) is 5.82 Å². The van der Waals surface area contributed by atoms with Gasteiger partial charge in [0.25, 0.3) is 0 Å². The van der Waals surface area contributed by atoms with Crippen molar-refractivity contribution in [3.05, 3.63) is 22.1 Å². The monoisotopic (exact) mass is 282 g/mol. The molecular weight excluding hydrogens is 264 g/mol. The summed E-state index contributed by atoms with van der Waals surface area (Å²) in [5, 5.41) is 13.2. The number of aromatic nitrogens is 5. The lowest BCUT2D eigenvalue weighted by atomic mass is 10.3. The van der Waals surface area contributed by atoms with E-state index in [-0.39, 0.29) is 0 Å². The molecule has 0 aromatic carbocycles. The average molecular weight is 283 g/mol. The number of nitrogens with zero attached hydrogens (tertiary/aromatic N) is 5. The lowest BCUT2D eigenvalue weighted by molar-refractivity contribution is 0.552. The third-order valence-corrected chi connectivity index (χ3v) is 3.63. The number of aryl methyl sites for hydroxylation is 2. The van der Waals surface area contributed by atoms with E-state index in [0.29, 0.717) is 12.4 Å². The summed E-state index contributed by atoms with van der Waals surface area (Å²) in [5.41, 5.74) is 8.60. The quantitative estimate of drug-likeness (QED) is 0.909. The first kappa shape index (κ1) is 13.9. The van der Waals surface area contributed by atoms with E-state index < -0.39 is 0 Å². The predicted octanol–water partition coefficient (Wildman–Crippen LogP) is 1.90. The highest BCUT2D eigenvalue weighted by Crippen LogP contribution is 2.23. The Hall–Kier alpha value is -1.56. The third kappa shape index (κ3) is 2.45. The Balaban J connectivity index is 2.39. The molecule has 7 heteroatoms. The van der Waals surface area contributed by atoms with Crippen LogP contribution in [0.5, 0.6) is 0 Å². The molecule has 104 valence electrons. The molecule has 0 spiro atoms. The van der Waals surface area contributed by atoms with Gasteiger partial charge in [0.2, 0.25) is 0 Å². The molecule has 2 heterocycles. The fraction of sp³-hybridized carbons (Fsp3) is 0.583. The largest absolute Gasteiger partial charge is 0.381 e. The first-order valence-corrected chi connectivity index (χ1v) is 6.91. The number of nitrogen functional groups attached to an aromatic ring is 1. The van der Waals surface area contributed by atoms with Gasteiger partial charge in [0.05, 0.1) is 28.6 Å². The second-order valence-corrected chi connectivity index (χ2v) is 4.69. The van der Waals surface area contributed by atoms with Crippen molar-refractivity contribution in [1.82, 2.24) is 24.8 Å². The fourth-order valence-electron chi connectivity index (χ4n) is 2.15. The van der Waals surface area contributed by atoms with Crippen molar-refractivity contribution in [3.8, 4) is 0 Å². The Morgan fingerprint density at radius 3 is 2.42 bits per heavy atom. The third-order valence-electron chi connectivity index (χ3n) is 3.20. The van der Waals surface area contributed by atoms with Crippen LogP contribution < -0.4 is 5.73 Å². The molecule has 0 aliphatic rings. The van der Waals surface area contributed by atoms with Crippen LogP contribution in [-0.4, -0.2) is 24.8 Å². The first-order chi connectivity index (χ1) is 9.12. The van der Waals surface area contributed by atoms with Crippen molar-refractivity contribution >= 4 is 17.4 Å². The lowest BCUT2D eigenvalue weighted by Gasteiger charge is -2.07. The van der Waals surface area contributed by atoms with Crippen molar-refractivity contribution in [2.45, 2.75) is 46.7 Å². The molecule has 2 rings (SSSR count). The highest BCUT2D eigenvalue weighted by atomic mass is 35.5. The van der Waals surface area contributed by atoms with Crippen molar-refractivity contribution in [2.24, 2.45) is 0 Å². The number of rotatable bonds is 5. The van der Waals surface area contributed by atoms with Crippen molar-refractivity contribution in [1.29, 1.82) is 0 Å². The number of anilines is 1. The number of hydrogen-bond donors (Lipinski definition) is 1. The van der Waals surface area contributed by atoms with Gasteiger partial charge in [-0.25, -0.2) is 4.68 Å². The van der Waals surface area contributed by atoms with Crippen LogP contribution in [0.15, 0.2) is 0 Å². The van der Waals surface area contributed by atoms with E-state index in [1.165, 1.54) is 0 Å². The van der Waals surface area contributed by atoms with Crippen molar-refractivity contribution in [2.75, 3.05) is 5.73 Å². The summed E-state index contributed by atoms with van der Waals surface area (Å²) in [6.45, 7) is 7.45. The zero-order valence-corrected chi connectivity index (χ0v) is 12.3. The number of nitrogens with two attached hydrogens (primary N) is 1. The van der Waals surface area contributed by atoms with Gasteiger partial charge in [-0.3, -0.25) is 4.68 Å². The van der Waals surface area contributed by atoms with E-state index in [0.717, 1.165) is 41.5 Å². The normalized spacial score (nSPS) is 11.2. The fourth-order valence-corrected chi connectivity index (χ4v) is 2.48. The Bertz CT molecular complexity index is 571. The zero-order chi connectivity index (χ0) is 14.0. The standard InChI is InChI=1S/C12H19ClN6/c1-4-8-11(13)10(18(6-3)16-8)7-19-9(5-2)12(14)15-17-19/h4-7,14H2,1-3H3. The highest BCUT2D eigenvalue weighted by molar-refractivity contribution is 6.31. The molecule has 0 atom stereocenters. The summed E-state index contributed by atoms with van der Waals surface area (Å²) >= 11 is 6.38. The van der Waals surface area contributed by atoms with Gasteiger partial charge in [0.1, 0.15) is 0 Å². The number of hydrogen-bond acceptors (Lipinski definition) is 4.